The monoisotopic (exact) mass is 419 g/mol. The van der Waals surface area contributed by atoms with Crippen molar-refractivity contribution in [1.82, 2.24) is 4.90 Å². The minimum Gasteiger partial charge on any atom is -0.466 e. The lowest BCUT2D eigenvalue weighted by molar-refractivity contribution is -0.144. The normalized spacial score (nSPS) is 19.5. The van der Waals surface area contributed by atoms with Gasteiger partial charge in [-0.1, -0.05) is 38.1 Å². The highest BCUT2D eigenvalue weighted by molar-refractivity contribution is 5.77. The molecule has 0 spiro atoms. The highest BCUT2D eigenvalue weighted by atomic mass is 16.7. The second-order valence-electron chi connectivity index (χ2n) is 7.89. The lowest BCUT2D eigenvalue weighted by atomic mass is 9.93. The predicted octanol–water partition coefficient (Wildman–Crippen LogP) is 4.56. The highest BCUT2D eigenvalue weighted by Crippen LogP contribution is 2.32. The van der Waals surface area contributed by atoms with Gasteiger partial charge in [-0.15, -0.1) is 0 Å². The second-order valence-corrected chi connectivity index (χ2v) is 7.89. The van der Waals surface area contributed by atoms with Crippen molar-refractivity contribution in [2.24, 2.45) is 5.92 Å². The zero-order valence-corrected chi connectivity index (χ0v) is 18.9. The molecule has 1 aromatic carbocycles. The molecular weight excluding hydrogens is 382 g/mol. The molecule has 0 unspecified atom stereocenters. The molecule has 3 atom stereocenters. The standard InChI is InChI=1S/C24H37NO5/c1-5-25(6-2)15-16-29-24(27)30-22-10-8-9-21(22)17-19-11-13-20(14-12-19)18(4)23(26)28-7-3/h11-14,18,21-22H,5-10,15-17H2,1-4H3/t18-,21+,22-/m0/s1. The van der Waals surface area contributed by atoms with Gasteiger partial charge >= 0.3 is 12.1 Å². The second kappa shape index (κ2) is 12.6. The molecule has 0 bridgehead atoms. The summed E-state index contributed by atoms with van der Waals surface area (Å²) in [5, 5.41) is 0. The molecule has 1 fully saturated rings. The average molecular weight is 420 g/mol. The Kier molecular flexibility index (Phi) is 10.1. The van der Waals surface area contributed by atoms with Crippen LogP contribution in [0, 0.1) is 5.92 Å². The Morgan fingerprint density at radius 2 is 1.77 bits per heavy atom. The Morgan fingerprint density at radius 3 is 2.40 bits per heavy atom. The number of rotatable bonds is 11. The van der Waals surface area contributed by atoms with Gasteiger partial charge in [0.05, 0.1) is 12.5 Å². The quantitative estimate of drug-likeness (QED) is 0.490. The molecule has 0 N–H and O–H groups in total. The number of likely N-dealkylation sites (N-methyl/N-ethyl adjacent to an activating group) is 1. The molecule has 0 aromatic heterocycles. The molecule has 0 aliphatic heterocycles. The zero-order valence-electron chi connectivity index (χ0n) is 18.9. The topological polar surface area (TPSA) is 65.1 Å². The third-order valence-corrected chi connectivity index (χ3v) is 5.98. The van der Waals surface area contributed by atoms with E-state index < -0.39 is 6.16 Å². The van der Waals surface area contributed by atoms with Crippen LogP contribution >= 0.6 is 0 Å². The first kappa shape index (κ1) is 24.2. The van der Waals surface area contributed by atoms with E-state index in [1.807, 2.05) is 26.0 Å². The molecule has 168 valence electrons. The summed E-state index contributed by atoms with van der Waals surface area (Å²) >= 11 is 0. The van der Waals surface area contributed by atoms with E-state index in [0.717, 1.165) is 50.9 Å². The molecule has 0 radical (unpaired) electrons. The Labute approximate surface area is 180 Å². The smallest absolute Gasteiger partial charge is 0.466 e. The number of carbonyl (C=O) groups excluding carboxylic acids is 2. The zero-order chi connectivity index (χ0) is 21.9. The molecule has 0 heterocycles. The van der Waals surface area contributed by atoms with Crippen LogP contribution in [0.1, 0.15) is 64.0 Å². The maximum atomic E-state index is 12.1. The molecule has 6 nitrogen and oxygen atoms in total. The van der Waals surface area contributed by atoms with E-state index in [-0.39, 0.29) is 18.0 Å². The van der Waals surface area contributed by atoms with Crippen LogP contribution in [-0.2, 0) is 25.4 Å². The van der Waals surface area contributed by atoms with E-state index in [1.165, 1.54) is 5.56 Å². The molecule has 1 aliphatic carbocycles. The van der Waals surface area contributed by atoms with Crippen molar-refractivity contribution in [3.63, 3.8) is 0 Å². The number of hydrogen-bond donors (Lipinski definition) is 0. The van der Waals surface area contributed by atoms with Crippen LogP contribution in [0.2, 0.25) is 0 Å². The third kappa shape index (κ3) is 7.31. The van der Waals surface area contributed by atoms with Crippen molar-refractivity contribution < 1.29 is 23.8 Å². The average Bonchev–Trinajstić information content (AvgIpc) is 3.17. The van der Waals surface area contributed by atoms with Crippen LogP contribution < -0.4 is 0 Å². The molecule has 30 heavy (non-hydrogen) atoms. The van der Waals surface area contributed by atoms with Crippen LogP contribution in [0.3, 0.4) is 0 Å². The van der Waals surface area contributed by atoms with Gasteiger partial charge in [0, 0.05) is 12.5 Å². The first-order valence-corrected chi connectivity index (χ1v) is 11.3. The van der Waals surface area contributed by atoms with E-state index in [1.54, 1.807) is 0 Å². The van der Waals surface area contributed by atoms with Gasteiger partial charge in [-0.25, -0.2) is 4.79 Å². The van der Waals surface area contributed by atoms with E-state index in [9.17, 15) is 9.59 Å². The van der Waals surface area contributed by atoms with E-state index >= 15 is 0 Å². The molecule has 0 saturated heterocycles. The lowest BCUT2D eigenvalue weighted by Crippen LogP contribution is -2.29. The van der Waals surface area contributed by atoms with Gasteiger partial charge in [0.1, 0.15) is 12.7 Å². The van der Waals surface area contributed by atoms with E-state index in [4.69, 9.17) is 14.2 Å². The van der Waals surface area contributed by atoms with Crippen molar-refractivity contribution in [2.45, 2.75) is 65.4 Å². The van der Waals surface area contributed by atoms with Gasteiger partial charge in [-0.05, 0) is 63.7 Å². The third-order valence-electron chi connectivity index (χ3n) is 5.98. The number of nitrogens with zero attached hydrogens (tertiary/aromatic N) is 1. The molecule has 1 aromatic rings. The number of ether oxygens (including phenoxy) is 3. The van der Waals surface area contributed by atoms with Crippen molar-refractivity contribution in [1.29, 1.82) is 0 Å². The molecule has 6 heteroatoms. The molecular formula is C24H37NO5. The lowest BCUT2D eigenvalue weighted by Gasteiger charge is -2.21. The summed E-state index contributed by atoms with van der Waals surface area (Å²) in [4.78, 5) is 26.2. The van der Waals surface area contributed by atoms with Crippen molar-refractivity contribution >= 4 is 12.1 Å². The highest BCUT2D eigenvalue weighted by Gasteiger charge is 2.31. The van der Waals surface area contributed by atoms with Gasteiger partial charge in [0.2, 0.25) is 0 Å². The largest absolute Gasteiger partial charge is 0.508 e. The molecule has 0 amide bonds. The Bertz CT molecular complexity index is 656. The molecule has 1 aliphatic rings. The first-order valence-electron chi connectivity index (χ1n) is 11.3. The van der Waals surface area contributed by atoms with Gasteiger partial charge in [-0.3, -0.25) is 4.79 Å². The fraction of sp³-hybridized carbons (Fsp3) is 0.667. The molecule has 1 saturated carbocycles. The predicted molar refractivity (Wildman–Crippen MR) is 117 cm³/mol. The first-order chi connectivity index (χ1) is 14.5. The summed E-state index contributed by atoms with van der Waals surface area (Å²) in [5.41, 5.74) is 2.14. The Balaban J connectivity index is 1.83. The van der Waals surface area contributed by atoms with E-state index in [2.05, 4.69) is 30.9 Å². The van der Waals surface area contributed by atoms with Crippen molar-refractivity contribution in [2.75, 3.05) is 32.8 Å². The minimum atomic E-state index is -0.558. The summed E-state index contributed by atoms with van der Waals surface area (Å²) in [5.74, 6) is -0.171. The number of hydrogen-bond acceptors (Lipinski definition) is 6. The van der Waals surface area contributed by atoms with Gasteiger partial charge < -0.3 is 19.1 Å². The summed E-state index contributed by atoms with van der Waals surface area (Å²) in [6.07, 6.45) is 3.18. The Hall–Kier alpha value is -2.08. The fourth-order valence-corrected chi connectivity index (χ4v) is 4.00. The van der Waals surface area contributed by atoms with Crippen LogP contribution in [-0.4, -0.2) is 56.0 Å². The minimum absolute atomic E-state index is 0.0934. The maximum absolute atomic E-state index is 12.1. The SMILES string of the molecule is CCOC(=O)[C@@H](C)c1ccc(C[C@H]2CCC[C@@H]2OC(=O)OCCN(CC)CC)cc1. The van der Waals surface area contributed by atoms with Crippen LogP contribution in [0.4, 0.5) is 4.79 Å². The van der Waals surface area contributed by atoms with Crippen molar-refractivity contribution in [3.05, 3.63) is 35.4 Å². The number of esters is 1. The van der Waals surface area contributed by atoms with Gasteiger partial charge in [0.15, 0.2) is 0 Å². The summed E-state index contributed by atoms with van der Waals surface area (Å²) < 4.78 is 16.0. The van der Waals surface area contributed by atoms with Crippen LogP contribution in [0.25, 0.3) is 0 Å². The van der Waals surface area contributed by atoms with Crippen molar-refractivity contribution in [3.8, 4) is 0 Å². The summed E-state index contributed by atoms with van der Waals surface area (Å²) in [7, 11) is 0. The van der Waals surface area contributed by atoms with Gasteiger partial charge in [0.25, 0.3) is 0 Å². The Morgan fingerprint density at radius 1 is 1.07 bits per heavy atom. The summed E-state index contributed by atoms with van der Waals surface area (Å²) in [6.45, 7) is 11.2. The molecule has 2 rings (SSSR count). The van der Waals surface area contributed by atoms with Gasteiger partial charge in [-0.2, -0.15) is 0 Å². The van der Waals surface area contributed by atoms with Crippen LogP contribution in [0.15, 0.2) is 24.3 Å². The number of benzene rings is 1. The van der Waals surface area contributed by atoms with E-state index in [0.29, 0.717) is 19.1 Å². The fourth-order valence-electron chi connectivity index (χ4n) is 4.00. The van der Waals surface area contributed by atoms with Crippen LogP contribution in [0.5, 0.6) is 0 Å². The summed E-state index contributed by atoms with van der Waals surface area (Å²) in [6, 6.07) is 8.10. The maximum Gasteiger partial charge on any atom is 0.508 e. The number of carbonyl (C=O) groups is 2.